The van der Waals surface area contributed by atoms with E-state index in [1.54, 1.807) is 12.1 Å². The summed E-state index contributed by atoms with van der Waals surface area (Å²) in [5.74, 6) is 0.0298. The molecule has 9 heteroatoms. The third-order valence-corrected chi connectivity index (χ3v) is 7.15. The first kappa shape index (κ1) is 23.1. The number of methoxy groups -OCH3 is 1. The van der Waals surface area contributed by atoms with E-state index in [0.717, 1.165) is 12.2 Å². The van der Waals surface area contributed by atoms with Gasteiger partial charge >= 0.3 is 0 Å². The highest BCUT2D eigenvalue weighted by molar-refractivity contribution is 7.89. The van der Waals surface area contributed by atoms with Crippen LogP contribution in [-0.2, 0) is 26.0 Å². The molecular formula is C22H29N3O5S. The number of anilines is 2. The molecule has 31 heavy (non-hydrogen) atoms. The normalized spacial score (nSPS) is 14.8. The Morgan fingerprint density at radius 2 is 1.94 bits per heavy atom. The Kier molecular flexibility index (Phi) is 7.53. The zero-order chi connectivity index (χ0) is 22.4. The first-order valence-electron chi connectivity index (χ1n) is 10.2. The molecule has 3 rings (SSSR count). The number of nitrogens with zero attached hydrogens (tertiary/aromatic N) is 2. The lowest BCUT2D eigenvalue weighted by molar-refractivity contribution is -0.115. The van der Waals surface area contributed by atoms with Gasteiger partial charge in [0.15, 0.2) is 0 Å². The number of hydrogen-bond acceptors (Lipinski definition) is 6. The number of amides is 1. The number of ether oxygens (including phenoxy) is 2. The SMILES string of the molecule is CCN(C)c1cccc(NC(=O)Cc2ccc(OC)c(S(=O)(=O)N3CCOCC3)c2)c1. The molecule has 8 nitrogen and oxygen atoms in total. The van der Waals surface area contributed by atoms with E-state index in [1.807, 2.05) is 31.3 Å². The minimum Gasteiger partial charge on any atom is -0.495 e. The highest BCUT2D eigenvalue weighted by Gasteiger charge is 2.29. The van der Waals surface area contributed by atoms with Gasteiger partial charge in [-0.25, -0.2) is 8.42 Å². The van der Waals surface area contributed by atoms with Gasteiger partial charge in [0.1, 0.15) is 10.6 Å². The largest absolute Gasteiger partial charge is 0.495 e. The number of rotatable bonds is 8. The first-order chi connectivity index (χ1) is 14.8. The van der Waals surface area contributed by atoms with Crippen molar-refractivity contribution in [3.05, 3.63) is 48.0 Å². The summed E-state index contributed by atoms with van der Waals surface area (Å²) in [6.45, 7) is 4.20. The Bertz CT molecular complexity index is 1020. The summed E-state index contributed by atoms with van der Waals surface area (Å²) in [5, 5.41) is 2.89. The van der Waals surface area contributed by atoms with Gasteiger partial charge in [0.2, 0.25) is 15.9 Å². The second-order valence-corrected chi connectivity index (χ2v) is 9.20. The number of nitrogens with one attached hydrogen (secondary N) is 1. The molecule has 0 radical (unpaired) electrons. The molecule has 1 heterocycles. The van der Waals surface area contributed by atoms with Crippen molar-refractivity contribution in [1.82, 2.24) is 4.31 Å². The molecule has 2 aromatic rings. The molecule has 0 atom stereocenters. The average Bonchev–Trinajstić information content (AvgIpc) is 2.79. The van der Waals surface area contributed by atoms with Crippen LogP contribution in [0.25, 0.3) is 0 Å². The number of carbonyl (C=O) groups is 1. The van der Waals surface area contributed by atoms with Gasteiger partial charge < -0.3 is 19.7 Å². The van der Waals surface area contributed by atoms with Crippen LogP contribution in [0.2, 0.25) is 0 Å². The van der Waals surface area contributed by atoms with Crippen LogP contribution in [0, 0.1) is 0 Å². The van der Waals surface area contributed by atoms with E-state index in [0.29, 0.717) is 37.6 Å². The fourth-order valence-corrected chi connectivity index (χ4v) is 4.97. The molecule has 1 N–H and O–H groups in total. The summed E-state index contributed by atoms with van der Waals surface area (Å²) >= 11 is 0. The monoisotopic (exact) mass is 447 g/mol. The first-order valence-corrected chi connectivity index (χ1v) is 11.6. The lowest BCUT2D eigenvalue weighted by Gasteiger charge is -2.26. The van der Waals surface area contributed by atoms with Crippen LogP contribution in [-0.4, -0.2) is 65.6 Å². The van der Waals surface area contributed by atoms with Crippen molar-refractivity contribution in [1.29, 1.82) is 0 Å². The molecular weight excluding hydrogens is 418 g/mol. The van der Waals surface area contributed by atoms with Gasteiger partial charge in [-0.3, -0.25) is 4.79 Å². The quantitative estimate of drug-likeness (QED) is 0.668. The second-order valence-electron chi connectivity index (χ2n) is 7.29. The van der Waals surface area contributed by atoms with Crippen molar-refractivity contribution < 1.29 is 22.7 Å². The van der Waals surface area contributed by atoms with E-state index in [1.165, 1.54) is 17.5 Å². The number of benzene rings is 2. The summed E-state index contributed by atoms with van der Waals surface area (Å²) in [6, 6.07) is 12.4. The number of sulfonamides is 1. The van der Waals surface area contributed by atoms with Crippen molar-refractivity contribution in [3.8, 4) is 5.75 Å². The van der Waals surface area contributed by atoms with Crippen molar-refractivity contribution in [2.45, 2.75) is 18.2 Å². The van der Waals surface area contributed by atoms with Crippen LogP contribution in [0.5, 0.6) is 5.75 Å². The van der Waals surface area contributed by atoms with Crippen LogP contribution in [0.1, 0.15) is 12.5 Å². The Labute approximate surface area is 183 Å². The molecule has 1 fully saturated rings. The van der Waals surface area contributed by atoms with E-state index in [9.17, 15) is 13.2 Å². The Hall–Kier alpha value is -2.62. The van der Waals surface area contributed by atoms with Gasteiger partial charge in [0.05, 0.1) is 26.7 Å². The molecule has 0 unspecified atom stereocenters. The molecule has 0 aromatic heterocycles. The zero-order valence-electron chi connectivity index (χ0n) is 18.1. The van der Waals surface area contributed by atoms with Crippen molar-refractivity contribution in [2.75, 3.05) is 57.2 Å². The number of morpholine rings is 1. The summed E-state index contributed by atoms with van der Waals surface area (Å²) in [5.41, 5.74) is 2.29. The summed E-state index contributed by atoms with van der Waals surface area (Å²) < 4.78 is 38.1. The molecule has 0 aliphatic carbocycles. The summed E-state index contributed by atoms with van der Waals surface area (Å²) in [4.78, 5) is 14.8. The van der Waals surface area contributed by atoms with Gasteiger partial charge in [-0.15, -0.1) is 0 Å². The van der Waals surface area contributed by atoms with Gasteiger partial charge in [0.25, 0.3) is 0 Å². The number of hydrogen-bond donors (Lipinski definition) is 1. The molecule has 1 saturated heterocycles. The third-order valence-electron chi connectivity index (χ3n) is 5.23. The van der Waals surface area contributed by atoms with E-state index in [-0.39, 0.29) is 23.0 Å². The van der Waals surface area contributed by atoms with E-state index in [2.05, 4.69) is 17.1 Å². The zero-order valence-corrected chi connectivity index (χ0v) is 18.9. The third kappa shape index (κ3) is 5.55. The van der Waals surface area contributed by atoms with Crippen molar-refractivity contribution in [2.24, 2.45) is 0 Å². The molecule has 1 aliphatic heterocycles. The highest BCUT2D eigenvalue weighted by Crippen LogP contribution is 2.29. The Morgan fingerprint density at radius 3 is 2.61 bits per heavy atom. The minimum atomic E-state index is -3.75. The smallest absolute Gasteiger partial charge is 0.246 e. The van der Waals surface area contributed by atoms with Gasteiger partial charge in [0, 0.05) is 38.1 Å². The van der Waals surface area contributed by atoms with Gasteiger partial charge in [-0.1, -0.05) is 12.1 Å². The van der Waals surface area contributed by atoms with E-state index >= 15 is 0 Å². The standard InChI is InChI=1S/C22H29N3O5S/c1-4-24(2)19-7-5-6-18(16-19)23-22(26)15-17-8-9-20(29-3)21(14-17)31(27,28)25-10-12-30-13-11-25/h5-9,14,16H,4,10-13,15H2,1-3H3,(H,23,26). The molecule has 0 saturated carbocycles. The number of carbonyl (C=O) groups excluding carboxylic acids is 1. The van der Waals surface area contributed by atoms with Gasteiger partial charge in [-0.2, -0.15) is 4.31 Å². The van der Waals surface area contributed by atoms with Crippen molar-refractivity contribution >= 4 is 27.3 Å². The second kappa shape index (κ2) is 10.1. The molecule has 168 valence electrons. The van der Waals surface area contributed by atoms with Crippen LogP contribution in [0.15, 0.2) is 47.4 Å². The molecule has 1 aliphatic rings. The van der Waals surface area contributed by atoms with E-state index in [4.69, 9.17) is 9.47 Å². The summed E-state index contributed by atoms with van der Waals surface area (Å²) in [7, 11) is -0.337. The maximum Gasteiger partial charge on any atom is 0.246 e. The van der Waals surface area contributed by atoms with Crippen LogP contribution in [0.4, 0.5) is 11.4 Å². The topological polar surface area (TPSA) is 88.2 Å². The van der Waals surface area contributed by atoms with Crippen LogP contribution >= 0.6 is 0 Å². The van der Waals surface area contributed by atoms with E-state index < -0.39 is 10.0 Å². The maximum atomic E-state index is 13.1. The Balaban J connectivity index is 1.78. The summed E-state index contributed by atoms with van der Waals surface area (Å²) in [6.07, 6.45) is 0.0451. The van der Waals surface area contributed by atoms with Crippen LogP contribution in [0.3, 0.4) is 0 Å². The van der Waals surface area contributed by atoms with Gasteiger partial charge in [-0.05, 0) is 42.8 Å². The lowest BCUT2D eigenvalue weighted by atomic mass is 10.1. The highest BCUT2D eigenvalue weighted by atomic mass is 32.2. The average molecular weight is 448 g/mol. The Morgan fingerprint density at radius 1 is 1.19 bits per heavy atom. The molecule has 1 amide bonds. The van der Waals surface area contributed by atoms with Crippen molar-refractivity contribution in [3.63, 3.8) is 0 Å². The fraction of sp³-hybridized carbons (Fsp3) is 0.409. The van der Waals surface area contributed by atoms with Crippen LogP contribution < -0.4 is 15.0 Å². The molecule has 2 aromatic carbocycles. The minimum absolute atomic E-state index is 0.0451. The predicted octanol–water partition coefficient (Wildman–Crippen LogP) is 2.35. The molecule has 0 spiro atoms. The lowest BCUT2D eigenvalue weighted by Crippen LogP contribution is -2.40. The molecule has 0 bridgehead atoms. The fourth-order valence-electron chi connectivity index (χ4n) is 3.35. The maximum absolute atomic E-state index is 13.1. The predicted molar refractivity (Wildman–Crippen MR) is 120 cm³/mol.